The summed E-state index contributed by atoms with van der Waals surface area (Å²) in [6, 6.07) is 6.80. The molecule has 0 aliphatic carbocycles. The van der Waals surface area contributed by atoms with Crippen molar-refractivity contribution < 1.29 is 4.39 Å². The van der Waals surface area contributed by atoms with Crippen LogP contribution in [0.15, 0.2) is 47.0 Å². The van der Waals surface area contributed by atoms with E-state index in [9.17, 15) is 4.39 Å². The molecule has 0 atom stereocenters. The molecule has 0 heterocycles. The molecule has 19 heavy (non-hydrogen) atoms. The van der Waals surface area contributed by atoms with Crippen LogP contribution in [0.25, 0.3) is 5.57 Å². The van der Waals surface area contributed by atoms with Crippen LogP contribution in [0.5, 0.6) is 0 Å². The lowest BCUT2D eigenvalue weighted by Gasteiger charge is -2.09. The quantitative estimate of drug-likeness (QED) is 0.515. The number of aliphatic imine (C=N–C) groups is 1. The zero-order valence-electron chi connectivity index (χ0n) is 12.6. The van der Waals surface area contributed by atoms with Gasteiger partial charge in [0.05, 0.1) is 0 Å². The van der Waals surface area contributed by atoms with Gasteiger partial charge in [0, 0.05) is 18.3 Å². The van der Waals surface area contributed by atoms with Crippen molar-refractivity contribution in [3.8, 4) is 0 Å². The summed E-state index contributed by atoms with van der Waals surface area (Å²) in [5, 5.41) is 0. The van der Waals surface area contributed by atoms with E-state index in [1.54, 1.807) is 18.3 Å². The number of nitrogens with zero attached hydrogens (tertiary/aromatic N) is 1. The lowest BCUT2D eigenvalue weighted by Crippen LogP contribution is -1.95. The van der Waals surface area contributed by atoms with E-state index in [1.165, 1.54) is 6.07 Å². The zero-order chi connectivity index (χ0) is 14.7. The first-order valence-corrected chi connectivity index (χ1v) is 6.82. The highest BCUT2D eigenvalue weighted by atomic mass is 19.1. The van der Waals surface area contributed by atoms with Gasteiger partial charge in [-0.25, -0.2) is 4.39 Å². The zero-order valence-corrected chi connectivity index (χ0v) is 12.6. The van der Waals surface area contributed by atoms with E-state index < -0.39 is 0 Å². The Morgan fingerprint density at radius 1 is 1.16 bits per heavy atom. The Labute approximate surface area is 116 Å². The first kappa shape index (κ1) is 17.3. The largest absolute Gasteiger partial charge is 0.293 e. The van der Waals surface area contributed by atoms with Gasteiger partial charge in [-0.05, 0) is 38.0 Å². The highest BCUT2D eigenvalue weighted by Gasteiger charge is 2.08. The van der Waals surface area contributed by atoms with Gasteiger partial charge in [-0.3, -0.25) is 4.99 Å². The van der Waals surface area contributed by atoms with Gasteiger partial charge in [-0.1, -0.05) is 44.2 Å². The molecule has 1 nitrogen and oxygen atoms in total. The number of hydrogen-bond acceptors (Lipinski definition) is 1. The Balaban J connectivity index is 0.00000154. The molecule has 2 heteroatoms. The van der Waals surface area contributed by atoms with E-state index >= 15 is 0 Å². The molecular formula is C17H24FN. The van der Waals surface area contributed by atoms with E-state index in [0.717, 1.165) is 17.7 Å². The van der Waals surface area contributed by atoms with Gasteiger partial charge in [0.25, 0.3) is 0 Å². The normalized spacial score (nSPS) is 12.3. The van der Waals surface area contributed by atoms with Crippen LogP contribution in [0.3, 0.4) is 0 Å². The van der Waals surface area contributed by atoms with E-state index in [4.69, 9.17) is 0 Å². The molecular weight excluding hydrogens is 237 g/mol. The van der Waals surface area contributed by atoms with Gasteiger partial charge < -0.3 is 0 Å². The van der Waals surface area contributed by atoms with Gasteiger partial charge in [-0.15, -0.1) is 0 Å². The molecule has 0 aliphatic rings. The average Bonchev–Trinajstić information content (AvgIpc) is 2.47. The molecule has 0 bridgehead atoms. The van der Waals surface area contributed by atoms with Crippen LogP contribution in [0.1, 0.15) is 40.2 Å². The van der Waals surface area contributed by atoms with Crippen LogP contribution in [0.2, 0.25) is 0 Å². The van der Waals surface area contributed by atoms with E-state index in [2.05, 4.69) is 4.99 Å². The Bertz CT molecular complexity index is 456. The fourth-order valence-corrected chi connectivity index (χ4v) is 1.65. The van der Waals surface area contributed by atoms with Gasteiger partial charge in [0.2, 0.25) is 0 Å². The molecule has 1 aromatic carbocycles. The van der Waals surface area contributed by atoms with Crippen molar-refractivity contribution in [2.45, 2.75) is 34.6 Å². The maximum absolute atomic E-state index is 13.7. The second kappa shape index (κ2) is 10.2. The summed E-state index contributed by atoms with van der Waals surface area (Å²) in [6.45, 7) is 10.5. The Morgan fingerprint density at radius 3 is 2.26 bits per heavy atom. The summed E-state index contributed by atoms with van der Waals surface area (Å²) in [5.41, 5.74) is 2.44. The van der Waals surface area contributed by atoms with Crippen LogP contribution in [-0.4, -0.2) is 12.8 Å². The van der Waals surface area contributed by atoms with Crippen molar-refractivity contribution in [1.29, 1.82) is 0 Å². The van der Waals surface area contributed by atoms with Crippen molar-refractivity contribution in [2.75, 3.05) is 6.54 Å². The number of halogens is 1. The van der Waals surface area contributed by atoms with Gasteiger partial charge in [0.15, 0.2) is 0 Å². The minimum Gasteiger partial charge on any atom is -0.293 e. The van der Waals surface area contributed by atoms with Crippen molar-refractivity contribution >= 4 is 11.8 Å². The van der Waals surface area contributed by atoms with Crippen LogP contribution < -0.4 is 0 Å². The molecule has 1 rings (SSSR count). The van der Waals surface area contributed by atoms with Gasteiger partial charge in [0.1, 0.15) is 5.82 Å². The summed E-state index contributed by atoms with van der Waals surface area (Å²) >= 11 is 0. The molecule has 1 aromatic rings. The van der Waals surface area contributed by atoms with Crippen molar-refractivity contribution in [1.82, 2.24) is 0 Å². The Morgan fingerprint density at radius 2 is 1.79 bits per heavy atom. The minimum absolute atomic E-state index is 0.204. The van der Waals surface area contributed by atoms with Crippen LogP contribution in [0.4, 0.5) is 4.39 Å². The maximum Gasteiger partial charge on any atom is 0.131 e. The fourth-order valence-electron chi connectivity index (χ4n) is 1.65. The predicted molar refractivity (Wildman–Crippen MR) is 84.2 cm³/mol. The third-order valence-corrected chi connectivity index (χ3v) is 2.49. The van der Waals surface area contributed by atoms with Crippen molar-refractivity contribution in [3.05, 3.63) is 53.4 Å². The highest BCUT2D eigenvalue weighted by molar-refractivity contribution is 6.00. The third-order valence-electron chi connectivity index (χ3n) is 2.49. The number of allylic oxidation sites excluding steroid dienone is 4. The molecule has 0 radical (unpaired) electrons. The van der Waals surface area contributed by atoms with Crippen molar-refractivity contribution in [2.24, 2.45) is 4.99 Å². The Hall–Kier alpha value is -1.70. The molecule has 0 saturated heterocycles. The molecule has 0 aromatic heterocycles. The third kappa shape index (κ3) is 5.21. The van der Waals surface area contributed by atoms with E-state index in [-0.39, 0.29) is 5.82 Å². The van der Waals surface area contributed by atoms with Crippen molar-refractivity contribution in [3.63, 3.8) is 0 Å². The summed E-state index contributed by atoms with van der Waals surface area (Å²) < 4.78 is 13.7. The molecule has 0 fully saturated rings. The lowest BCUT2D eigenvalue weighted by atomic mass is 9.97. The molecule has 104 valence electrons. The number of rotatable bonds is 4. The highest BCUT2D eigenvalue weighted by Crippen LogP contribution is 2.24. The topological polar surface area (TPSA) is 12.4 Å². The monoisotopic (exact) mass is 261 g/mol. The maximum atomic E-state index is 13.7. The number of benzene rings is 1. The Kier molecular flexibility index (Phi) is 9.33. The summed E-state index contributed by atoms with van der Waals surface area (Å²) in [7, 11) is 0. The second-order valence-corrected chi connectivity index (χ2v) is 3.55. The molecule has 0 amide bonds. The van der Waals surface area contributed by atoms with Gasteiger partial charge >= 0.3 is 0 Å². The second-order valence-electron chi connectivity index (χ2n) is 3.55. The number of hydrogen-bond donors (Lipinski definition) is 0. The summed E-state index contributed by atoms with van der Waals surface area (Å²) in [6.07, 6.45) is 5.65. The van der Waals surface area contributed by atoms with E-state index in [0.29, 0.717) is 5.56 Å². The van der Waals surface area contributed by atoms with Crippen LogP contribution in [-0.2, 0) is 0 Å². The minimum atomic E-state index is -0.204. The van der Waals surface area contributed by atoms with E-state index in [1.807, 2.05) is 52.8 Å². The molecule has 0 N–H and O–H groups in total. The first-order chi connectivity index (χ1) is 9.24. The smallest absolute Gasteiger partial charge is 0.131 e. The predicted octanol–water partition coefficient (Wildman–Crippen LogP) is 5.29. The molecule has 0 spiro atoms. The SMILES string of the molecule is C/C=C(C=NCC)\C(=C/C)c1ccccc1F.CC. The molecule has 0 aliphatic heterocycles. The van der Waals surface area contributed by atoms with Gasteiger partial charge in [-0.2, -0.15) is 0 Å². The lowest BCUT2D eigenvalue weighted by molar-refractivity contribution is 0.624. The molecule has 0 unspecified atom stereocenters. The van der Waals surface area contributed by atoms with Crippen LogP contribution >= 0.6 is 0 Å². The standard InChI is InChI=1S/C15H18FN.C2H6/c1-4-12(11-17-6-3)13(5-2)14-9-7-8-10-15(14)16;1-2/h4-5,7-11H,6H2,1-3H3;1-2H3/b12-4-,13-5+,17-11?;. The first-order valence-electron chi connectivity index (χ1n) is 6.82. The van der Waals surface area contributed by atoms with Crippen LogP contribution in [0, 0.1) is 5.82 Å². The fraction of sp³-hybridized carbons (Fsp3) is 0.353. The molecule has 0 saturated carbocycles. The summed E-state index contributed by atoms with van der Waals surface area (Å²) in [5.74, 6) is -0.204. The average molecular weight is 261 g/mol. The summed E-state index contributed by atoms with van der Waals surface area (Å²) in [4.78, 5) is 4.21.